The summed E-state index contributed by atoms with van der Waals surface area (Å²) < 4.78 is 13.0. The molecule has 0 bridgehead atoms. The number of hydrogen-bond donors (Lipinski definition) is 1. The molecular weight excluding hydrogens is 165 g/mol. The summed E-state index contributed by atoms with van der Waals surface area (Å²) in [6.45, 7) is 4.16. The van der Waals surface area contributed by atoms with Crippen LogP contribution in [0.25, 0.3) is 6.08 Å². The zero-order valence-electron chi connectivity index (χ0n) is 7.97. The Morgan fingerprint density at radius 2 is 2.00 bits per heavy atom. The molecule has 0 heterocycles. The minimum atomic E-state index is -0.151. The second kappa shape index (κ2) is 4.19. The second-order valence-electron chi connectivity index (χ2n) is 3.10. The van der Waals surface area contributed by atoms with Crippen molar-refractivity contribution < 1.29 is 4.39 Å². The first-order valence-corrected chi connectivity index (χ1v) is 4.28. The fourth-order valence-corrected chi connectivity index (χ4v) is 1.18. The lowest BCUT2D eigenvalue weighted by molar-refractivity contribution is 0.617. The van der Waals surface area contributed by atoms with E-state index in [2.05, 4.69) is 0 Å². The van der Waals surface area contributed by atoms with Crippen LogP contribution in [-0.2, 0) is 0 Å². The minimum Gasteiger partial charge on any atom is -0.327 e. The Bertz CT molecular complexity index is 329. The van der Waals surface area contributed by atoms with Gasteiger partial charge in [-0.25, -0.2) is 4.39 Å². The molecule has 1 aromatic rings. The third-order valence-corrected chi connectivity index (χ3v) is 1.98. The van der Waals surface area contributed by atoms with E-state index in [1.807, 2.05) is 25.1 Å². The molecule has 0 saturated carbocycles. The maximum atomic E-state index is 13.0. The predicted octanol–water partition coefficient (Wildman–Crippen LogP) is 2.41. The van der Waals surface area contributed by atoms with Crippen molar-refractivity contribution in [3.05, 3.63) is 40.7 Å². The van der Waals surface area contributed by atoms with Crippen LogP contribution in [0.3, 0.4) is 0 Å². The Kier molecular flexibility index (Phi) is 3.20. The molecule has 0 aromatic heterocycles. The molecule has 0 aliphatic rings. The van der Waals surface area contributed by atoms with Gasteiger partial charge in [0.15, 0.2) is 0 Å². The van der Waals surface area contributed by atoms with Crippen molar-refractivity contribution >= 4 is 6.08 Å². The fraction of sp³-hybridized carbons (Fsp3) is 0.273. The molecule has 0 atom stereocenters. The molecular formula is C11H14FN. The molecule has 0 unspecified atom stereocenters. The maximum absolute atomic E-state index is 13.0. The minimum absolute atomic E-state index is 0.151. The van der Waals surface area contributed by atoms with Crippen LogP contribution in [0.1, 0.15) is 16.7 Å². The summed E-state index contributed by atoms with van der Waals surface area (Å²) >= 11 is 0. The first-order valence-electron chi connectivity index (χ1n) is 4.28. The van der Waals surface area contributed by atoms with E-state index in [0.717, 1.165) is 11.1 Å². The molecule has 1 aromatic carbocycles. The second-order valence-corrected chi connectivity index (χ2v) is 3.10. The van der Waals surface area contributed by atoms with Crippen molar-refractivity contribution in [2.24, 2.45) is 5.73 Å². The van der Waals surface area contributed by atoms with E-state index in [1.54, 1.807) is 13.0 Å². The van der Waals surface area contributed by atoms with E-state index in [1.165, 1.54) is 0 Å². The first-order chi connectivity index (χ1) is 6.15. The molecule has 0 aliphatic carbocycles. The lowest BCUT2D eigenvalue weighted by Gasteiger charge is -2.03. The molecule has 1 rings (SSSR count). The van der Waals surface area contributed by atoms with Gasteiger partial charge in [0.2, 0.25) is 0 Å². The normalized spacial score (nSPS) is 11.1. The largest absolute Gasteiger partial charge is 0.327 e. The van der Waals surface area contributed by atoms with Crippen LogP contribution in [-0.4, -0.2) is 6.54 Å². The SMILES string of the molecule is Cc1cc(/C=C/CN)c(C)cc1F. The van der Waals surface area contributed by atoms with E-state index in [0.29, 0.717) is 12.1 Å². The van der Waals surface area contributed by atoms with Gasteiger partial charge in [-0.3, -0.25) is 0 Å². The topological polar surface area (TPSA) is 26.0 Å². The quantitative estimate of drug-likeness (QED) is 0.741. The predicted molar refractivity (Wildman–Crippen MR) is 54.0 cm³/mol. The molecule has 70 valence electrons. The van der Waals surface area contributed by atoms with Crippen molar-refractivity contribution in [2.75, 3.05) is 6.54 Å². The van der Waals surface area contributed by atoms with E-state index in [-0.39, 0.29) is 5.82 Å². The van der Waals surface area contributed by atoms with Gasteiger partial charge in [0.25, 0.3) is 0 Å². The molecule has 0 aliphatic heterocycles. The summed E-state index contributed by atoms with van der Waals surface area (Å²) in [6, 6.07) is 3.38. The number of rotatable bonds is 2. The monoisotopic (exact) mass is 179 g/mol. The van der Waals surface area contributed by atoms with Crippen LogP contribution in [0.4, 0.5) is 4.39 Å². The van der Waals surface area contributed by atoms with Gasteiger partial charge in [0.1, 0.15) is 5.82 Å². The Hall–Kier alpha value is -1.15. The number of benzene rings is 1. The van der Waals surface area contributed by atoms with Crippen molar-refractivity contribution in [3.63, 3.8) is 0 Å². The number of halogens is 1. The molecule has 13 heavy (non-hydrogen) atoms. The number of hydrogen-bond acceptors (Lipinski definition) is 1. The Morgan fingerprint density at radius 1 is 1.31 bits per heavy atom. The van der Waals surface area contributed by atoms with Crippen LogP contribution < -0.4 is 5.73 Å². The molecule has 0 radical (unpaired) electrons. The van der Waals surface area contributed by atoms with Crippen LogP contribution in [0.2, 0.25) is 0 Å². The summed E-state index contributed by atoms with van der Waals surface area (Å²) in [5.74, 6) is -0.151. The molecule has 2 N–H and O–H groups in total. The summed E-state index contributed by atoms with van der Waals surface area (Å²) in [4.78, 5) is 0. The molecule has 0 amide bonds. The van der Waals surface area contributed by atoms with E-state index in [9.17, 15) is 4.39 Å². The number of aryl methyl sites for hydroxylation is 2. The van der Waals surface area contributed by atoms with Crippen LogP contribution in [0.5, 0.6) is 0 Å². The van der Waals surface area contributed by atoms with E-state index in [4.69, 9.17) is 5.73 Å². The van der Waals surface area contributed by atoms with Gasteiger partial charge in [0.05, 0.1) is 0 Å². The smallest absolute Gasteiger partial charge is 0.126 e. The highest BCUT2D eigenvalue weighted by molar-refractivity contribution is 5.54. The third-order valence-electron chi connectivity index (χ3n) is 1.98. The Labute approximate surface area is 78.1 Å². The summed E-state index contributed by atoms with van der Waals surface area (Å²) in [6.07, 6.45) is 3.78. The molecule has 0 spiro atoms. The summed E-state index contributed by atoms with van der Waals surface area (Å²) in [5, 5.41) is 0. The highest BCUT2D eigenvalue weighted by atomic mass is 19.1. The zero-order chi connectivity index (χ0) is 9.84. The van der Waals surface area contributed by atoms with Gasteiger partial charge in [0, 0.05) is 6.54 Å². The number of nitrogens with two attached hydrogens (primary N) is 1. The lowest BCUT2D eigenvalue weighted by Crippen LogP contribution is -1.93. The van der Waals surface area contributed by atoms with Crippen LogP contribution in [0.15, 0.2) is 18.2 Å². The Balaban J connectivity index is 3.08. The molecule has 0 fully saturated rings. The van der Waals surface area contributed by atoms with Crippen molar-refractivity contribution in [1.82, 2.24) is 0 Å². The van der Waals surface area contributed by atoms with Gasteiger partial charge in [-0.1, -0.05) is 12.2 Å². The van der Waals surface area contributed by atoms with Crippen molar-refractivity contribution in [3.8, 4) is 0 Å². The molecule has 2 heteroatoms. The van der Waals surface area contributed by atoms with Crippen LogP contribution >= 0.6 is 0 Å². The highest BCUT2D eigenvalue weighted by Gasteiger charge is 2.00. The van der Waals surface area contributed by atoms with E-state index >= 15 is 0 Å². The summed E-state index contributed by atoms with van der Waals surface area (Å²) in [7, 11) is 0. The average molecular weight is 179 g/mol. The Morgan fingerprint density at radius 3 is 2.62 bits per heavy atom. The zero-order valence-corrected chi connectivity index (χ0v) is 7.97. The third kappa shape index (κ3) is 2.39. The van der Waals surface area contributed by atoms with Crippen molar-refractivity contribution in [2.45, 2.75) is 13.8 Å². The van der Waals surface area contributed by atoms with Gasteiger partial charge in [-0.05, 0) is 42.7 Å². The van der Waals surface area contributed by atoms with Gasteiger partial charge in [-0.15, -0.1) is 0 Å². The summed E-state index contributed by atoms with van der Waals surface area (Å²) in [5.41, 5.74) is 7.97. The molecule has 0 saturated heterocycles. The lowest BCUT2D eigenvalue weighted by atomic mass is 10.0. The van der Waals surface area contributed by atoms with Crippen LogP contribution in [0, 0.1) is 19.7 Å². The maximum Gasteiger partial charge on any atom is 0.126 e. The first kappa shape index (κ1) is 9.93. The molecule has 1 nitrogen and oxygen atoms in total. The van der Waals surface area contributed by atoms with E-state index < -0.39 is 0 Å². The van der Waals surface area contributed by atoms with Crippen molar-refractivity contribution in [1.29, 1.82) is 0 Å². The average Bonchev–Trinajstić information content (AvgIpc) is 2.09. The van der Waals surface area contributed by atoms with Gasteiger partial charge in [-0.2, -0.15) is 0 Å². The van der Waals surface area contributed by atoms with Gasteiger partial charge >= 0.3 is 0 Å². The highest BCUT2D eigenvalue weighted by Crippen LogP contribution is 2.15. The fourth-order valence-electron chi connectivity index (χ4n) is 1.18. The standard InChI is InChI=1S/C11H14FN/c1-8-7-11(12)9(2)6-10(8)4-3-5-13/h3-4,6-7H,5,13H2,1-2H3/b4-3+. The van der Waals surface area contributed by atoms with Gasteiger partial charge < -0.3 is 5.73 Å².